The summed E-state index contributed by atoms with van der Waals surface area (Å²) < 4.78 is 0. The predicted octanol–water partition coefficient (Wildman–Crippen LogP) is 4.04. The molecule has 0 radical (unpaired) electrons. The van der Waals surface area contributed by atoms with Gasteiger partial charge >= 0.3 is 0 Å². The summed E-state index contributed by atoms with van der Waals surface area (Å²) in [5.74, 6) is 0. The van der Waals surface area contributed by atoms with E-state index in [2.05, 4.69) is 74.3 Å². The molecule has 20 heavy (non-hydrogen) atoms. The topological polar surface area (TPSA) is 29.3 Å². The van der Waals surface area contributed by atoms with Crippen molar-refractivity contribution < 1.29 is 0 Å². The van der Waals surface area contributed by atoms with Crippen LogP contribution in [-0.4, -0.2) is 7.05 Å². The number of benzene rings is 2. The van der Waals surface area contributed by atoms with Crippen LogP contribution >= 0.6 is 0 Å². The molecular weight excluding hydrogens is 244 g/mol. The smallest absolute Gasteiger partial charge is 0.0426 e. The molecule has 0 aromatic heterocycles. The van der Waals surface area contributed by atoms with Crippen molar-refractivity contribution in [3.05, 3.63) is 65.2 Å². The fraction of sp³-hybridized carbons (Fsp3) is 0.333. The Labute approximate surface area is 122 Å². The zero-order valence-corrected chi connectivity index (χ0v) is 12.6. The molecule has 0 aliphatic carbocycles. The maximum absolute atomic E-state index is 6.05. The van der Waals surface area contributed by atoms with Gasteiger partial charge in [-0.3, -0.25) is 0 Å². The van der Waals surface area contributed by atoms with E-state index in [0.29, 0.717) is 0 Å². The Morgan fingerprint density at radius 2 is 1.80 bits per heavy atom. The third kappa shape index (κ3) is 3.61. The lowest BCUT2D eigenvalue weighted by atomic mass is 10.0. The standard InChI is InChI=1S/C18H24N2/c1-4-18(19)16-8-10-17(11-9-16)20(3)13-15-7-5-6-14(2)12-15/h5-12,18H,4,13,19H2,1-3H3/t18-/m1/s1. The van der Waals surface area contributed by atoms with E-state index in [9.17, 15) is 0 Å². The third-order valence-corrected chi connectivity index (χ3v) is 3.70. The van der Waals surface area contributed by atoms with E-state index in [-0.39, 0.29) is 6.04 Å². The molecule has 0 heterocycles. The lowest BCUT2D eigenvalue weighted by Gasteiger charge is -2.20. The number of nitrogens with zero attached hydrogens (tertiary/aromatic N) is 1. The molecule has 0 aliphatic heterocycles. The Balaban J connectivity index is 2.07. The Morgan fingerprint density at radius 3 is 2.40 bits per heavy atom. The summed E-state index contributed by atoms with van der Waals surface area (Å²) in [5.41, 5.74) is 11.1. The maximum atomic E-state index is 6.05. The highest BCUT2D eigenvalue weighted by Crippen LogP contribution is 2.20. The first kappa shape index (κ1) is 14.6. The average molecular weight is 268 g/mol. The first-order valence-electron chi connectivity index (χ1n) is 7.22. The molecule has 0 amide bonds. The highest BCUT2D eigenvalue weighted by molar-refractivity contribution is 5.48. The summed E-state index contributed by atoms with van der Waals surface area (Å²) in [6.45, 7) is 5.16. The quantitative estimate of drug-likeness (QED) is 0.886. The summed E-state index contributed by atoms with van der Waals surface area (Å²) in [4.78, 5) is 2.26. The second-order valence-electron chi connectivity index (χ2n) is 5.45. The molecule has 2 rings (SSSR count). The van der Waals surface area contributed by atoms with Gasteiger partial charge in [-0.05, 0) is 36.6 Å². The molecule has 0 saturated carbocycles. The van der Waals surface area contributed by atoms with Gasteiger partial charge in [-0.1, -0.05) is 48.9 Å². The third-order valence-electron chi connectivity index (χ3n) is 3.70. The van der Waals surface area contributed by atoms with Gasteiger partial charge in [0.1, 0.15) is 0 Å². The summed E-state index contributed by atoms with van der Waals surface area (Å²) in [7, 11) is 2.12. The number of rotatable bonds is 5. The molecule has 2 aromatic rings. The minimum absolute atomic E-state index is 0.145. The van der Waals surface area contributed by atoms with Gasteiger partial charge in [0, 0.05) is 25.3 Å². The minimum Gasteiger partial charge on any atom is -0.370 e. The molecule has 0 saturated heterocycles. The Hall–Kier alpha value is -1.80. The van der Waals surface area contributed by atoms with Gasteiger partial charge in [0.25, 0.3) is 0 Å². The Morgan fingerprint density at radius 1 is 1.10 bits per heavy atom. The molecule has 0 aliphatic rings. The van der Waals surface area contributed by atoms with E-state index in [0.717, 1.165) is 13.0 Å². The molecule has 0 fully saturated rings. The van der Waals surface area contributed by atoms with Crippen LogP contribution in [0.2, 0.25) is 0 Å². The van der Waals surface area contributed by atoms with E-state index < -0.39 is 0 Å². The van der Waals surface area contributed by atoms with Crippen LogP contribution in [0.3, 0.4) is 0 Å². The monoisotopic (exact) mass is 268 g/mol. The van der Waals surface area contributed by atoms with Crippen LogP contribution in [0.25, 0.3) is 0 Å². The molecular formula is C18H24N2. The van der Waals surface area contributed by atoms with Crippen molar-refractivity contribution in [2.45, 2.75) is 32.9 Å². The molecule has 2 nitrogen and oxygen atoms in total. The lowest BCUT2D eigenvalue weighted by Crippen LogP contribution is -2.16. The van der Waals surface area contributed by atoms with Gasteiger partial charge < -0.3 is 10.6 Å². The maximum Gasteiger partial charge on any atom is 0.0426 e. The van der Waals surface area contributed by atoms with E-state index >= 15 is 0 Å². The van der Waals surface area contributed by atoms with Crippen molar-refractivity contribution in [1.82, 2.24) is 0 Å². The van der Waals surface area contributed by atoms with Crippen LogP contribution in [0.15, 0.2) is 48.5 Å². The van der Waals surface area contributed by atoms with E-state index in [4.69, 9.17) is 5.73 Å². The first-order chi connectivity index (χ1) is 9.60. The molecule has 0 unspecified atom stereocenters. The van der Waals surface area contributed by atoms with Crippen LogP contribution in [0.4, 0.5) is 5.69 Å². The zero-order chi connectivity index (χ0) is 14.5. The molecule has 2 heteroatoms. The normalized spacial score (nSPS) is 12.2. The molecule has 106 valence electrons. The molecule has 0 spiro atoms. The zero-order valence-electron chi connectivity index (χ0n) is 12.6. The van der Waals surface area contributed by atoms with Crippen LogP contribution in [0, 0.1) is 6.92 Å². The van der Waals surface area contributed by atoms with Crippen molar-refractivity contribution in [3.63, 3.8) is 0 Å². The highest BCUT2D eigenvalue weighted by Gasteiger charge is 2.05. The summed E-state index contributed by atoms with van der Waals surface area (Å²) >= 11 is 0. The average Bonchev–Trinajstić information content (AvgIpc) is 2.46. The van der Waals surface area contributed by atoms with Gasteiger partial charge in [0.2, 0.25) is 0 Å². The number of hydrogen-bond donors (Lipinski definition) is 1. The largest absolute Gasteiger partial charge is 0.370 e. The number of nitrogens with two attached hydrogens (primary N) is 1. The number of aryl methyl sites for hydroxylation is 1. The van der Waals surface area contributed by atoms with Gasteiger partial charge in [-0.2, -0.15) is 0 Å². The van der Waals surface area contributed by atoms with Gasteiger partial charge in [0.05, 0.1) is 0 Å². The van der Waals surface area contributed by atoms with Crippen molar-refractivity contribution in [1.29, 1.82) is 0 Å². The molecule has 0 bridgehead atoms. The van der Waals surface area contributed by atoms with E-state index in [1.165, 1.54) is 22.4 Å². The van der Waals surface area contributed by atoms with E-state index in [1.54, 1.807) is 0 Å². The molecule has 2 N–H and O–H groups in total. The SMILES string of the molecule is CC[C@@H](N)c1ccc(N(C)Cc2cccc(C)c2)cc1. The van der Waals surface area contributed by atoms with Gasteiger partial charge in [0.15, 0.2) is 0 Å². The van der Waals surface area contributed by atoms with Crippen LogP contribution in [0.1, 0.15) is 36.1 Å². The van der Waals surface area contributed by atoms with Gasteiger partial charge in [-0.25, -0.2) is 0 Å². The summed E-state index contributed by atoms with van der Waals surface area (Å²) in [5, 5.41) is 0. The second-order valence-corrected chi connectivity index (χ2v) is 5.45. The molecule has 2 aromatic carbocycles. The van der Waals surface area contributed by atoms with E-state index in [1.807, 2.05) is 0 Å². The van der Waals surface area contributed by atoms with Crippen LogP contribution in [0.5, 0.6) is 0 Å². The summed E-state index contributed by atoms with van der Waals surface area (Å²) in [6, 6.07) is 17.4. The predicted molar refractivity (Wildman–Crippen MR) is 86.9 cm³/mol. The lowest BCUT2D eigenvalue weighted by molar-refractivity contribution is 0.698. The highest BCUT2D eigenvalue weighted by atomic mass is 15.1. The van der Waals surface area contributed by atoms with Crippen LogP contribution < -0.4 is 10.6 Å². The van der Waals surface area contributed by atoms with Crippen molar-refractivity contribution >= 4 is 5.69 Å². The summed E-state index contributed by atoms with van der Waals surface area (Å²) in [6.07, 6.45) is 0.971. The van der Waals surface area contributed by atoms with Crippen molar-refractivity contribution in [2.75, 3.05) is 11.9 Å². The minimum atomic E-state index is 0.145. The van der Waals surface area contributed by atoms with Crippen molar-refractivity contribution in [2.24, 2.45) is 5.73 Å². The fourth-order valence-corrected chi connectivity index (χ4v) is 2.39. The Kier molecular flexibility index (Phi) is 4.80. The number of anilines is 1. The first-order valence-corrected chi connectivity index (χ1v) is 7.22. The van der Waals surface area contributed by atoms with Crippen molar-refractivity contribution in [3.8, 4) is 0 Å². The van der Waals surface area contributed by atoms with Gasteiger partial charge in [-0.15, -0.1) is 0 Å². The Bertz CT molecular complexity index is 546. The fourth-order valence-electron chi connectivity index (χ4n) is 2.39. The number of hydrogen-bond acceptors (Lipinski definition) is 2. The second kappa shape index (κ2) is 6.58. The van der Waals surface area contributed by atoms with Crippen LogP contribution in [-0.2, 0) is 6.54 Å². The molecule has 1 atom stereocenters.